The van der Waals surface area contributed by atoms with E-state index in [1.54, 1.807) is 4.90 Å². The average Bonchev–Trinajstić information content (AvgIpc) is 3.48. The Morgan fingerprint density at radius 2 is 1.64 bits per heavy atom. The zero-order chi connectivity index (χ0) is 32.4. The second kappa shape index (κ2) is 13.2. The molecule has 0 saturated carbocycles. The summed E-state index contributed by atoms with van der Waals surface area (Å²) < 4.78 is 45.6. The molecule has 1 saturated heterocycles. The first kappa shape index (κ1) is 32.4. The van der Waals surface area contributed by atoms with Gasteiger partial charge in [-0.05, 0) is 35.3 Å². The van der Waals surface area contributed by atoms with Crippen LogP contribution >= 0.6 is 11.3 Å². The first-order valence-electron chi connectivity index (χ1n) is 14.7. The average molecular weight is 647 g/mol. The number of oxime groups is 1. The lowest BCUT2D eigenvalue weighted by molar-refractivity contribution is -0.00553. The first-order chi connectivity index (χ1) is 21.5. The molecular weight excluding hydrogens is 611 g/mol. The monoisotopic (exact) mass is 646 g/mol. The number of halogens is 2. The fourth-order valence-electron chi connectivity index (χ4n) is 6.32. The number of morpholine rings is 1. The summed E-state index contributed by atoms with van der Waals surface area (Å²) in [6, 6.07) is 23.5. The minimum absolute atomic E-state index is 0.0439. The Balaban J connectivity index is 1.72. The summed E-state index contributed by atoms with van der Waals surface area (Å²) >= 11 is 1.01. The zero-order valence-electron chi connectivity index (χ0n) is 25.9. The van der Waals surface area contributed by atoms with Gasteiger partial charge in [0, 0.05) is 24.2 Å². The van der Waals surface area contributed by atoms with Crippen LogP contribution < -0.4 is 15.3 Å². The van der Waals surface area contributed by atoms with Crippen molar-refractivity contribution >= 4 is 41.4 Å². The van der Waals surface area contributed by atoms with E-state index in [1.807, 2.05) is 56.3 Å². The smallest absolute Gasteiger partial charge is 0.261 e. The van der Waals surface area contributed by atoms with Gasteiger partial charge >= 0.3 is 0 Å². The fraction of sp³-hybridized carbons (Fsp3) is 0.324. The molecular formula is C34H36F2N4O3SSi. The Hall–Kier alpha value is -3.95. The van der Waals surface area contributed by atoms with Gasteiger partial charge in [0.2, 0.25) is 0 Å². The van der Waals surface area contributed by atoms with Crippen LogP contribution in [0.4, 0.5) is 14.5 Å². The molecule has 1 aliphatic heterocycles. The summed E-state index contributed by atoms with van der Waals surface area (Å²) in [6.07, 6.45) is -0.433. The Morgan fingerprint density at radius 1 is 1.07 bits per heavy atom. The van der Waals surface area contributed by atoms with Crippen LogP contribution in [0, 0.1) is 23.0 Å². The number of aromatic nitrogens is 1. The van der Waals surface area contributed by atoms with Gasteiger partial charge in [0.05, 0.1) is 34.9 Å². The van der Waals surface area contributed by atoms with Crippen molar-refractivity contribution in [2.75, 3.05) is 18.0 Å². The van der Waals surface area contributed by atoms with Gasteiger partial charge in [-0.1, -0.05) is 86.6 Å². The van der Waals surface area contributed by atoms with Crippen molar-refractivity contribution in [1.29, 1.82) is 5.26 Å². The van der Waals surface area contributed by atoms with Gasteiger partial charge in [-0.25, -0.2) is 13.8 Å². The van der Waals surface area contributed by atoms with Crippen molar-refractivity contribution in [3.05, 3.63) is 106 Å². The molecule has 7 nitrogen and oxygen atoms in total. The van der Waals surface area contributed by atoms with Crippen molar-refractivity contribution in [2.24, 2.45) is 5.16 Å². The third-order valence-electron chi connectivity index (χ3n) is 8.10. The molecule has 0 radical (unpaired) electrons. The number of thiazole rings is 1. The normalized spacial score (nSPS) is 17.7. The highest BCUT2D eigenvalue weighted by molar-refractivity contribution is 7.12. The molecule has 2 atom stereocenters. The van der Waals surface area contributed by atoms with E-state index in [0.29, 0.717) is 18.7 Å². The van der Waals surface area contributed by atoms with Crippen LogP contribution in [0.1, 0.15) is 56.3 Å². The van der Waals surface area contributed by atoms with E-state index >= 15 is 8.78 Å². The highest BCUT2D eigenvalue weighted by Gasteiger charge is 2.50. The van der Waals surface area contributed by atoms with Crippen LogP contribution in [-0.2, 0) is 15.8 Å². The van der Waals surface area contributed by atoms with Crippen molar-refractivity contribution in [3.8, 4) is 6.07 Å². The maximum Gasteiger partial charge on any atom is 0.261 e. The number of benzene rings is 3. The molecule has 1 N–H and O–H groups in total. The molecule has 0 bridgehead atoms. The van der Waals surface area contributed by atoms with Gasteiger partial charge in [0.1, 0.15) is 11.8 Å². The van der Waals surface area contributed by atoms with E-state index in [1.165, 1.54) is 11.6 Å². The van der Waals surface area contributed by atoms with E-state index in [4.69, 9.17) is 9.16 Å². The number of anilines is 1. The van der Waals surface area contributed by atoms with Crippen molar-refractivity contribution in [2.45, 2.75) is 58.5 Å². The van der Waals surface area contributed by atoms with Gasteiger partial charge in [-0.15, -0.1) is 11.3 Å². The van der Waals surface area contributed by atoms with Crippen LogP contribution in [0.25, 0.3) is 0 Å². The first-order valence-corrected chi connectivity index (χ1v) is 17.5. The Bertz CT molecular complexity index is 1670. The Labute approximate surface area is 267 Å². The second-order valence-electron chi connectivity index (χ2n) is 12.3. The number of rotatable bonds is 8. The summed E-state index contributed by atoms with van der Waals surface area (Å²) in [7, 11) is -3.07. The maximum absolute atomic E-state index is 16.5. The molecule has 0 amide bonds. The second-order valence-corrected chi connectivity index (χ2v) is 17.4. The third kappa shape index (κ3) is 6.16. The molecule has 3 aromatic carbocycles. The molecule has 234 valence electrons. The SMILES string of the molecule is C[C@@H]1CN(c2c(CO[Si](c3ccccc3)(c3ccccc3)C(C)(C)C)cc(C(=NO)c3scnc3C#N)c(F)c2F)C[C@H](C)O1. The summed E-state index contributed by atoms with van der Waals surface area (Å²) in [4.78, 5) is 5.92. The Kier molecular flexibility index (Phi) is 9.51. The van der Waals surface area contributed by atoms with Crippen LogP contribution in [-0.4, -0.2) is 49.5 Å². The van der Waals surface area contributed by atoms with Crippen molar-refractivity contribution in [1.82, 2.24) is 4.98 Å². The number of hydrogen-bond acceptors (Lipinski definition) is 8. The number of hydrogen-bond donors (Lipinski definition) is 1. The van der Waals surface area contributed by atoms with Gasteiger partial charge < -0.3 is 19.3 Å². The predicted octanol–water partition coefficient (Wildman–Crippen LogP) is 6.21. The zero-order valence-corrected chi connectivity index (χ0v) is 27.7. The van der Waals surface area contributed by atoms with Crippen molar-refractivity contribution < 1.29 is 23.2 Å². The molecule has 1 aliphatic rings. The summed E-state index contributed by atoms with van der Waals surface area (Å²) in [5.41, 5.74) is 1.27. The van der Waals surface area contributed by atoms with E-state index < -0.39 is 20.0 Å². The van der Waals surface area contributed by atoms with Crippen LogP contribution in [0.15, 0.2) is 77.4 Å². The lowest BCUT2D eigenvalue weighted by Gasteiger charge is -2.43. The number of ether oxygens (including phenoxy) is 1. The largest absolute Gasteiger partial charge is 0.410 e. The van der Waals surface area contributed by atoms with Crippen LogP contribution in [0.5, 0.6) is 0 Å². The summed E-state index contributed by atoms with van der Waals surface area (Å²) in [6.45, 7) is 10.9. The van der Waals surface area contributed by atoms with E-state index in [2.05, 4.69) is 55.2 Å². The predicted molar refractivity (Wildman–Crippen MR) is 175 cm³/mol. The van der Waals surface area contributed by atoms with Gasteiger partial charge in [0.25, 0.3) is 8.32 Å². The molecule has 1 fully saturated rings. The van der Waals surface area contributed by atoms with Crippen molar-refractivity contribution in [3.63, 3.8) is 0 Å². The quantitative estimate of drug-likeness (QED) is 0.106. The Morgan fingerprint density at radius 3 is 2.16 bits per heavy atom. The molecule has 45 heavy (non-hydrogen) atoms. The summed E-state index contributed by atoms with van der Waals surface area (Å²) in [5, 5.41) is 24.7. The summed E-state index contributed by atoms with van der Waals surface area (Å²) in [5.74, 6) is -2.27. The minimum atomic E-state index is -3.07. The minimum Gasteiger partial charge on any atom is -0.410 e. The standard InChI is InChI=1S/C34H36F2N4O3SSi/c1-22-18-40(19-23(2)43-22)32-24(16-27(29(35)30(32)36)31(39-41)33-28(17-37)38-21-44-33)20-42-45(34(3,4)5,25-12-8-6-9-13-25)26-14-10-7-11-15-26/h6-16,21-23,41H,18-20H2,1-5H3/t22-,23+. The molecule has 5 rings (SSSR count). The van der Waals surface area contributed by atoms with Gasteiger partial charge in [-0.3, -0.25) is 0 Å². The topological polar surface area (TPSA) is 91.0 Å². The number of nitriles is 1. The van der Waals surface area contributed by atoms with E-state index in [-0.39, 0.29) is 51.4 Å². The molecule has 11 heteroatoms. The van der Waals surface area contributed by atoms with Crippen LogP contribution in [0.2, 0.25) is 5.04 Å². The molecule has 4 aromatic rings. The third-order valence-corrected chi connectivity index (χ3v) is 13.9. The maximum atomic E-state index is 16.5. The van der Waals surface area contributed by atoms with E-state index in [0.717, 1.165) is 21.7 Å². The molecule has 1 aromatic heterocycles. The van der Waals surface area contributed by atoms with Gasteiger partial charge in [0.15, 0.2) is 17.3 Å². The lowest BCUT2D eigenvalue weighted by atomic mass is 10.0. The fourth-order valence-corrected chi connectivity index (χ4v) is 11.6. The van der Waals surface area contributed by atoms with Crippen LogP contribution in [0.3, 0.4) is 0 Å². The van der Waals surface area contributed by atoms with E-state index in [9.17, 15) is 10.5 Å². The lowest BCUT2D eigenvalue weighted by Crippen LogP contribution is -2.66. The van der Waals surface area contributed by atoms with Gasteiger partial charge in [-0.2, -0.15) is 5.26 Å². The molecule has 0 aliphatic carbocycles. The molecule has 2 heterocycles. The highest BCUT2D eigenvalue weighted by atomic mass is 32.1. The molecule has 0 unspecified atom stereocenters. The molecule has 0 spiro atoms. The highest BCUT2D eigenvalue weighted by Crippen LogP contribution is 2.39. The number of nitrogens with zero attached hydrogens (tertiary/aromatic N) is 4.